The van der Waals surface area contributed by atoms with E-state index < -0.39 is 11.8 Å². The van der Waals surface area contributed by atoms with Gasteiger partial charge < -0.3 is 5.32 Å². The molecule has 23 heavy (non-hydrogen) atoms. The van der Waals surface area contributed by atoms with Crippen LogP contribution in [0.3, 0.4) is 0 Å². The third-order valence-electron chi connectivity index (χ3n) is 3.37. The van der Waals surface area contributed by atoms with Gasteiger partial charge in [0.05, 0.1) is 6.21 Å². The number of benzene rings is 2. The van der Waals surface area contributed by atoms with Crippen molar-refractivity contribution in [1.82, 2.24) is 5.43 Å². The Morgan fingerprint density at radius 3 is 2.39 bits per heavy atom. The zero-order chi connectivity index (χ0) is 16.7. The van der Waals surface area contributed by atoms with Crippen LogP contribution in [0.1, 0.15) is 23.6 Å². The Labute approximate surface area is 135 Å². The number of carbonyl (C=O) groups excluding carboxylic acids is 2. The lowest BCUT2D eigenvalue weighted by Crippen LogP contribution is -2.32. The Balaban J connectivity index is 1.89. The van der Waals surface area contributed by atoms with Crippen LogP contribution in [-0.2, 0) is 16.0 Å². The fraction of sp³-hybridized carbons (Fsp3) is 0.167. The summed E-state index contributed by atoms with van der Waals surface area (Å²) in [7, 11) is 0. The zero-order valence-corrected chi connectivity index (χ0v) is 13.2. The van der Waals surface area contributed by atoms with Crippen molar-refractivity contribution in [3.63, 3.8) is 0 Å². The Morgan fingerprint density at radius 2 is 1.74 bits per heavy atom. The number of hydrazone groups is 1. The van der Waals surface area contributed by atoms with Crippen molar-refractivity contribution < 1.29 is 9.59 Å². The molecule has 2 aromatic rings. The van der Waals surface area contributed by atoms with Crippen LogP contribution in [0.25, 0.3) is 0 Å². The number of hydrogen-bond donors (Lipinski definition) is 2. The highest BCUT2D eigenvalue weighted by atomic mass is 16.2. The fourth-order valence-electron chi connectivity index (χ4n) is 1.95. The molecule has 0 saturated heterocycles. The molecule has 2 amide bonds. The van der Waals surface area contributed by atoms with Gasteiger partial charge in [0, 0.05) is 5.69 Å². The molecule has 0 fully saturated rings. The van der Waals surface area contributed by atoms with E-state index in [-0.39, 0.29) is 0 Å². The summed E-state index contributed by atoms with van der Waals surface area (Å²) in [5, 5.41) is 6.35. The Morgan fingerprint density at radius 1 is 1.04 bits per heavy atom. The smallest absolute Gasteiger partial charge is 0.317 e. The second-order valence-corrected chi connectivity index (χ2v) is 5.06. The Bertz CT molecular complexity index is 721. The average molecular weight is 309 g/mol. The minimum Gasteiger partial charge on any atom is -0.317 e. The molecule has 0 radical (unpaired) electrons. The van der Waals surface area contributed by atoms with Crippen molar-refractivity contribution in [3.8, 4) is 0 Å². The molecule has 118 valence electrons. The van der Waals surface area contributed by atoms with Crippen molar-refractivity contribution in [2.45, 2.75) is 20.3 Å². The average Bonchev–Trinajstić information content (AvgIpc) is 2.57. The summed E-state index contributed by atoms with van der Waals surface area (Å²) < 4.78 is 0. The van der Waals surface area contributed by atoms with Gasteiger partial charge in [0.25, 0.3) is 0 Å². The largest absolute Gasteiger partial charge is 0.329 e. The first-order valence-electron chi connectivity index (χ1n) is 7.39. The van der Waals surface area contributed by atoms with E-state index >= 15 is 0 Å². The predicted molar refractivity (Wildman–Crippen MR) is 91.4 cm³/mol. The first-order chi connectivity index (χ1) is 11.1. The molecule has 0 saturated carbocycles. The first-order valence-corrected chi connectivity index (χ1v) is 7.39. The van der Waals surface area contributed by atoms with Crippen LogP contribution >= 0.6 is 0 Å². The molecule has 2 rings (SSSR count). The van der Waals surface area contributed by atoms with Crippen molar-refractivity contribution in [2.24, 2.45) is 5.10 Å². The highest BCUT2D eigenvalue weighted by molar-refractivity contribution is 6.39. The van der Waals surface area contributed by atoms with E-state index in [0.717, 1.165) is 17.5 Å². The third kappa shape index (κ3) is 4.78. The maximum absolute atomic E-state index is 11.8. The molecule has 0 aliphatic rings. The molecule has 5 nitrogen and oxygen atoms in total. The quantitative estimate of drug-likeness (QED) is 0.518. The van der Waals surface area contributed by atoms with Crippen LogP contribution in [-0.4, -0.2) is 18.0 Å². The Kier molecular flexibility index (Phi) is 5.63. The number of carbonyl (C=O) groups is 2. The van der Waals surface area contributed by atoms with Crippen LogP contribution in [0, 0.1) is 6.92 Å². The highest BCUT2D eigenvalue weighted by Gasteiger charge is 2.13. The van der Waals surface area contributed by atoms with Gasteiger partial charge in [-0.25, -0.2) is 5.43 Å². The molecule has 0 heterocycles. The molecular weight excluding hydrogens is 290 g/mol. The van der Waals surface area contributed by atoms with Crippen LogP contribution in [0.5, 0.6) is 0 Å². The van der Waals surface area contributed by atoms with Gasteiger partial charge in [-0.1, -0.05) is 49.4 Å². The maximum atomic E-state index is 11.8. The summed E-state index contributed by atoms with van der Waals surface area (Å²) in [5.41, 5.74) is 5.78. The number of aryl methyl sites for hydroxylation is 2. The summed E-state index contributed by atoms with van der Waals surface area (Å²) >= 11 is 0. The zero-order valence-electron chi connectivity index (χ0n) is 13.2. The lowest BCUT2D eigenvalue weighted by molar-refractivity contribution is -0.136. The molecule has 0 aliphatic carbocycles. The number of anilines is 1. The van der Waals surface area contributed by atoms with Gasteiger partial charge in [-0.15, -0.1) is 0 Å². The number of amides is 2. The minimum absolute atomic E-state index is 0.604. The molecule has 2 aromatic carbocycles. The van der Waals surface area contributed by atoms with Crippen molar-refractivity contribution >= 4 is 23.7 Å². The summed E-state index contributed by atoms with van der Waals surface area (Å²) in [4.78, 5) is 23.5. The van der Waals surface area contributed by atoms with Crippen molar-refractivity contribution in [3.05, 3.63) is 65.2 Å². The van der Waals surface area contributed by atoms with Crippen molar-refractivity contribution in [2.75, 3.05) is 5.32 Å². The number of hydrogen-bond acceptors (Lipinski definition) is 3. The lowest BCUT2D eigenvalue weighted by atomic mass is 10.1. The normalized spacial score (nSPS) is 10.5. The third-order valence-corrected chi connectivity index (χ3v) is 3.37. The summed E-state index contributed by atoms with van der Waals surface area (Å²) in [6.45, 7) is 3.93. The van der Waals surface area contributed by atoms with Crippen LogP contribution in [0.4, 0.5) is 5.69 Å². The summed E-state index contributed by atoms with van der Waals surface area (Å²) in [6, 6.07) is 15.0. The number of rotatable bonds is 4. The number of para-hydroxylation sites is 1. The van der Waals surface area contributed by atoms with E-state index in [1.54, 1.807) is 12.1 Å². The minimum atomic E-state index is -0.810. The molecule has 2 N–H and O–H groups in total. The highest BCUT2D eigenvalue weighted by Crippen LogP contribution is 2.12. The fourth-order valence-corrected chi connectivity index (χ4v) is 1.95. The molecule has 5 heteroatoms. The molecule has 0 bridgehead atoms. The molecule has 0 unspecified atom stereocenters. The molecule has 0 atom stereocenters. The second kappa shape index (κ2) is 7.89. The van der Waals surface area contributed by atoms with E-state index in [1.165, 1.54) is 11.8 Å². The van der Waals surface area contributed by atoms with E-state index in [2.05, 4.69) is 22.8 Å². The summed E-state index contributed by atoms with van der Waals surface area (Å²) in [6.07, 6.45) is 2.46. The molecule has 0 spiro atoms. The number of nitrogens with zero attached hydrogens (tertiary/aromatic N) is 1. The lowest BCUT2D eigenvalue weighted by Gasteiger charge is -2.06. The van der Waals surface area contributed by atoms with Gasteiger partial charge in [0.2, 0.25) is 0 Å². The van der Waals surface area contributed by atoms with Crippen LogP contribution in [0.2, 0.25) is 0 Å². The summed E-state index contributed by atoms with van der Waals surface area (Å²) in [5.74, 6) is -1.56. The molecule has 0 aromatic heterocycles. The second-order valence-electron chi connectivity index (χ2n) is 5.06. The monoisotopic (exact) mass is 309 g/mol. The van der Waals surface area contributed by atoms with Gasteiger partial charge in [-0.3, -0.25) is 9.59 Å². The van der Waals surface area contributed by atoms with Gasteiger partial charge >= 0.3 is 11.8 Å². The topological polar surface area (TPSA) is 70.6 Å². The predicted octanol–water partition coefficient (Wildman–Crippen LogP) is 2.65. The Hall–Kier alpha value is -2.95. The molecular formula is C18H19N3O2. The SMILES string of the molecule is CCc1ccc(/C=N\NC(=O)C(=O)Nc2ccccc2C)cc1. The van der Waals surface area contributed by atoms with Crippen molar-refractivity contribution in [1.29, 1.82) is 0 Å². The first kappa shape index (κ1) is 16.4. The van der Waals surface area contributed by atoms with Crippen LogP contribution < -0.4 is 10.7 Å². The van der Waals surface area contributed by atoms with Gasteiger partial charge in [0.1, 0.15) is 0 Å². The van der Waals surface area contributed by atoms with E-state index in [0.29, 0.717) is 5.69 Å². The van der Waals surface area contributed by atoms with Crippen LogP contribution in [0.15, 0.2) is 53.6 Å². The van der Waals surface area contributed by atoms with E-state index in [1.807, 2.05) is 43.3 Å². The standard InChI is InChI=1S/C18H19N3O2/c1-3-14-8-10-15(11-9-14)12-19-21-18(23)17(22)20-16-7-5-4-6-13(16)2/h4-12H,3H2,1-2H3,(H,20,22)(H,21,23)/b19-12-. The molecule has 0 aliphatic heterocycles. The van der Waals surface area contributed by atoms with E-state index in [4.69, 9.17) is 0 Å². The van der Waals surface area contributed by atoms with Gasteiger partial charge in [-0.05, 0) is 36.1 Å². The number of nitrogens with one attached hydrogen (secondary N) is 2. The van der Waals surface area contributed by atoms with Gasteiger partial charge in [0.15, 0.2) is 0 Å². The maximum Gasteiger partial charge on any atom is 0.329 e. The van der Waals surface area contributed by atoms with E-state index in [9.17, 15) is 9.59 Å². The van der Waals surface area contributed by atoms with Gasteiger partial charge in [-0.2, -0.15) is 5.10 Å².